The Bertz CT molecular complexity index is 1120. The van der Waals surface area contributed by atoms with Crippen LogP contribution in [0, 0.1) is 6.92 Å². The lowest BCUT2D eigenvalue weighted by Gasteiger charge is -2.36. The minimum Gasteiger partial charge on any atom is -0.457 e. The standard InChI is InChI=1S/C25H26N4O3/c1-17-27-16-21(24(30)26-2)23(28-17)22-13-6-7-14-29(22)25(31)18-9-8-12-20(15-18)32-19-10-4-3-5-11-19/h3-5,8-12,15-16,22H,6-7,13-14H2,1-2H3,(H,26,30). The van der Waals surface area contributed by atoms with Gasteiger partial charge in [-0.15, -0.1) is 0 Å². The number of para-hydroxylation sites is 1. The fraction of sp³-hybridized carbons (Fsp3) is 0.280. The molecule has 1 unspecified atom stereocenters. The first-order chi connectivity index (χ1) is 15.6. The van der Waals surface area contributed by atoms with E-state index in [0.717, 1.165) is 19.3 Å². The van der Waals surface area contributed by atoms with Gasteiger partial charge in [0.25, 0.3) is 11.8 Å². The van der Waals surface area contributed by atoms with Crippen molar-refractivity contribution in [1.29, 1.82) is 0 Å². The Hall–Kier alpha value is -3.74. The number of hydrogen-bond donors (Lipinski definition) is 1. The first-order valence-electron chi connectivity index (χ1n) is 10.8. The van der Waals surface area contributed by atoms with Crippen molar-refractivity contribution in [1.82, 2.24) is 20.2 Å². The first-order valence-corrected chi connectivity index (χ1v) is 10.8. The third kappa shape index (κ3) is 4.61. The van der Waals surface area contributed by atoms with Gasteiger partial charge in [0.1, 0.15) is 17.3 Å². The van der Waals surface area contributed by atoms with Gasteiger partial charge in [-0.25, -0.2) is 9.97 Å². The second-order valence-corrected chi connectivity index (χ2v) is 7.75. The van der Waals surface area contributed by atoms with Gasteiger partial charge in [0, 0.05) is 25.4 Å². The second kappa shape index (κ2) is 9.60. The van der Waals surface area contributed by atoms with Crippen LogP contribution in [0.25, 0.3) is 0 Å². The molecule has 0 aliphatic carbocycles. The Morgan fingerprint density at radius 1 is 1.06 bits per heavy atom. The molecule has 1 aromatic heterocycles. The van der Waals surface area contributed by atoms with Gasteiger partial charge in [0.15, 0.2) is 0 Å². The number of likely N-dealkylation sites (tertiary alicyclic amines) is 1. The van der Waals surface area contributed by atoms with Crippen LogP contribution < -0.4 is 10.1 Å². The van der Waals surface area contributed by atoms with Crippen LogP contribution in [0.1, 0.15) is 57.5 Å². The molecular formula is C25H26N4O3. The van der Waals surface area contributed by atoms with E-state index < -0.39 is 0 Å². The number of aromatic nitrogens is 2. The molecule has 7 nitrogen and oxygen atoms in total. The number of piperidine rings is 1. The Morgan fingerprint density at radius 3 is 2.62 bits per heavy atom. The van der Waals surface area contributed by atoms with Crippen LogP contribution in [0.3, 0.4) is 0 Å². The number of carbonyl (C=O) groups excluding carboxylic acids is 2. The maximum Gasteiger partial charge on any atom is 0.254 e. The molecule has 0 spiro atoms. The number of aryl methyl sites for hydroxylation is 1. The summed E-state index contributed by atoms with van der Waals surface area (Å²) in [5.74, 6) is 1.52. The summed E-state index contributed by atoms with van der Waals surface area (Å²) in [7, 11) is 1.58. The van der Waals surface area contributed by atoms with Crippen molar-refractivity contribution in [3.8, 4) is 11.5 Å². The third-order valence-corrected chi connectivity index (χ3v) is 5.55. The average Bonchev–Trinajstić information content (AvgIpc) is 2.84. The van der Waals surface area contributed by atoms with Gasteiger partial charge in [0.2, 0.25) is 0 Å². The first kappa shape index (κ1) is 21.5. The number of nitrogens with one attached hydrogen (secondary N) is 1. The maximum atomic E-state index is 13.6. The van der Waals surface area contributed by atoms with Crippen molar-refractivity contribution in [3.05, 3.63) is 83.4 Å². The zero-order valence-electron chi connectivity index (χ0n) is 18.2. The van der Waals surface area contributed by atoms with E-state index in [0.29, 0.717) is 40.7 Å². The van der Waals surface area contributed by atoms with Crippen molar-refractivity contribution in [2.24, 2.45) is 0 Å². The van der Waals surface area contributed by atoms with Gasteiger partial charge in [-0.3, -0.25) is 9.59 Å². The fourth-order valence-electron chi connectivity index (χ4n) is 3.99. The summed E-state index contributed by atoms with van der Waals surface area (Å²) < 4.78 is 5.90. The lowest BCUT2D eigenvalue weighted by atomic mass is 9.95. The molecule has 4 rings (SSSR count). The number of benzene rings is 2. The third-order valence-electron chi connectivity index (χ3n) is 5.55. The molecule has 0 radical (unpaired) electrons. The Kier molecular flexibility index (Phi) is 6.44. The number of nitrogens with zero attached hydrogens (tertiary/aromatic N) is 3. The van der Waals surface area contributed by atoms with Crippen LogP contribution in [0.2, 0.25) is 0 Å². The van der Waals surface area contributed by atoms with Crippen LogP contribution in [0.4, 0.5) is 0 Å². The molecule has 32 heavy (non-hydrogen) atoms. The van der Waals surface area contributed by atoms with Crippen molar-refractivity contribution in [2.45, 2.75) is 32.2 Å². The monoisotopic (exact) mass is 430 g/mol. The molecule has 1 saturated heterocycles. The molecule has 3 aromatic rings. The van der Waals surface area contributed by atoms with Gasteiger partial charge >= 0.3 is 0 Å². The molecular weight excluding hydrogens is 404 g/mol. The number of amides is 2. The smallest absolute Gasteiger partial charge is 0.254 e. The molecule has 2 aromatic carbocycles. The molecule has 1 aliphatic heterocycles. The zero-order valence-corrected chi connectivity index (χ0v) is 18.2. The summed E-state index contributed by atoms with van der Waals surface area (Å²) in [5, 5.41) is 2.65. The summed E-state index contributed by atoms with van der Waals surface area (Å²) >= 11 is 0. The number of carbonyl (C=O) groups is 2. The molecule has 2 amide bonds. The van der Waals surface area contributed by atoms with Crippen molar-refractivity contribution in [3.63, 3.8) is 0 Å². The molecule has 0 saturated carbocycles. The summed E-state index contributed by atoms with van der Waals surface area (Å²) in [4.78, 5) is 36.6. The van der Waals surface area contributed by atoms with Gasteiger partial charge in [0.05, 0.1) is 17.3 Å². The van der Waals surface area contributed by atoms with Crippen LogP contribution in [0.5, 0.6) is 11.5 Å². The highest BCUT2D eigenvalue weighted by molar-refractivity contribution is 5.97. The highest BCUT2D eigenvalue weighted by Gasteiger charge is 2.32. The molecule has 164 valence electrons. The summed E-state index contributed by atoms with van der Waals surface area (Å²) in [6, 6.07) is 16.4. The Balaban J connectivity index is 1.64. The lowest BCUT2D eigenvalue weighted by Crippen LogP contribution is -2.40. The lowest BCUT2D eigenvalue weighted by molar-refractivity contribution is 0.0601. The van der Waals surface area contributed by atoms with E-state index in [1.807, 2.05) is 47.4 Å². The van der Waals surface area contributed by atoms with E-state index in [4.69, 9.17) is 4.74 Å². The largest absolute Gasteiger partial charge is 0.457 e. The van der Waals surface area contributed by atoms with Gasteiger partial charge < -0.3 is 15.0 Å². The van der Waals surface area contributed by atoms with E-state index in [2.05, 4.69) is 15.3 Å². The SMILES string of the molecule is CNC(=O)c1cnc(C)nc1C1CCCCN1C(=O)c1cccc(Oc2ccccc2)c1. The van der Waals surface area contributed by atoms with E-state index in [-0.39, 0.29) is 17.9 Å². The molecule has 0 bridgehead atoms. The minimum absolute atomic E-state index is 0.104. The van der Waals surface area contributed by atoms with E-state index in [1.165, 1.54) is 0 Å². The van der Waals surface area contributed by atoms with Gasteiger partial charge in [-0.2, -0.15) is 0 Å². The predicted octanol–water partition coefficient (Wildman–Crippen LogP) is 4.30. The van der Waals surface area contributed by atoms with Crippen molar-refractivity contribution < 1.29 is 14.3 Å². The normalized spacial score (nSPS) is 15.8. The highest BCUT2D eigenvalue weighted by atomic mass is 16.5. The zero-order chi connectivity index (χ0) is 22.5. The van der Waals surface area contributed by atoms with Crippen LogP contribution in [-0.4, -0.2) is 40.3 Å². The maximum absolute atomic E-state index is 13.6. The fourth-order valence-corrected chi connectivity index (χ4v) is 3.99. The van der Waals surface area contributed by atoms with E-state index in [9.17, 15) is 9.59 Å². The topological polar surface area (TPSA) is 84.4 Å². The van der Waals surface area contributed by atoms with E-state index >= 15 is 0 Å². The minimum atomic E-state index is -0.288. The van der Waals surface area contributed by atoms with E-state index in [1.54, 1.807) is 32.3 Å². The average molecular weight is 431 g/mol. The molecule has 1 atom stereocenters. The Labute approximate surface area is 187 Å². The summed E-state index contributed by atoms with van der Waals surface area (Å²) in [6.07, 6.45) is 4.15. The molecule has 1 N–H and O–H groups in total. The van der Waals surface area contributed by atoms with Gasteiger partial charge in [-0.05, 0) is 56.5 Å². The molecule has 2 heterocycles. The summed E-state index contributed by atoms with van der Waals surface area (Å²) in [5.41, 5.74) is 1.54. The molecule has 7 heteroatoms. The number of hydrogen-bond acceptors (Lipinski definition) is 5. The van der Waals surface area contributed by atoms with Crippen LogP contribution >= 0.6 is 0 Å². The van der Waals surface area contributed by atoms with Crippen molar-refractivity contribution >= 4 is 11.8 Å². The predicted molar refractivity (Wildman–Crippen MR) is 121 cm³/mol. The van der Waals surface area contributed by atoms with Crippen LogP contribution in [-0.2, 0) is 0 Å². The van der Waals surface area contributed by atoms with Gasteiger partial charge in [-0.1, -0.05) is 24.3 Å². The Morgan fingerprint density at radius 2 is 1.84 bits per heavy atom. The quantitative estimate of drug-likeness (QED) is 0.652. The highest BCUT2D eigenvalue weighted by Crippen LogP contribution is 2.33. The molecule has 1 fully saturated rings. The number of rotatable bonds is 5. The molecule has 1 aliphatic rings. The summed E-state index contributed by atoms with van der Waals surface area (Å²) in [6.45, 7) is 2.39. The van der Waals surface area contributed by atoms with Crippen molar-refractivity contribution in [2.75, 3.05) is 13.6 Å². The number of ether oxygens (including phenoxy) is 1. The van der Waals surface area contributed by atoms with Crippen LogP contribution in [0.15, 0.2) is 60.8 Å². The second-order valence-electron chi connectivity index (χ2n) is 7.75.